The van der Waals surface area contributed by atoms with Crippen LogP contribution in [0, 0.1) is 5.92 Å². The number of nitrogens with one attached hydrogen (secondary N) is 2. The summed E-state index contributed by atoms with van der Waals surface area (Å²) in [6.45, 7) is 9.70. The van der Waals surface area contributed by atoms with E-state index in [9.17, 15) is 4.79 Å². The summed E-state index contributed by atoms with van der Waals surface area (Å²) >= 11 is 0. The molecule has 0 saturated carbocycles. The van der Waals surface area contributed by atoms with E-state index in [4.69, 9.17) is 4.74 Å². The molecule has 0 unspecified atom stereocenters. The monoisotopic (exact) mass is 279 g/mol. The Morgan fingerprint density at radius 3 is 2.60 bits per heavy atom. The van der Waals surface area contributed by atoms with Gasteiger partial charge in [-0.2, -0.15) is 0 Å². The first-order valence-corrected chi connectivity index (χ1v) is 7.05. The summed E-state index contributed by atoms with van der Waals surface area (Å²) in [6.07, 6.45) is 1.65. The van der Waals surface area contributed by atoms with Gasteiger partial charge in [0.05, 0.1) is 11.9 Å². The number of carbonyl (C=O) groups excluding carboxylic acids is 1. The molecule has 1 aromatic rings. The molecule has 0 saturated heterocycles. The Balaban J connectivity index is 2.32. The molecule has 0 spiro atoms. The van der Waals surface area contributed by atoms with E-state index in [2.05, 4.69) is 43.3 Å². The van der Waals surface area contributed by atoms with Gasteiger partial charge in [0.1, 0.15) is 5.75 Å². The van der Waals surface area contributed by atoms with Crippen molar-refractivity contribution < 1.29 is 9.53 Å². The first-order chi connectivity index (χ1) is 9.47. The first-order valence-electron chi connectivity index (χ1n) is 7.05. The van der Waals surface area contributed by atoms with Gasteiger partial charge in [0, 0.05) is 19.1 Å². The van der Waals surface area contributed by atoms with Gasteiger partial charge < -0.3 is 15.4 Å². The molecule has 1 amide bonds. The van der Waals surface area contributed by atoms with Gasteiger partial charge in [-0.25, -0.2) is 0 Å². The number of rotatable bonds is 8. The third-order valence-corrected chi connectivity index (χ3v) is 2.57. The van der Waals surface area contributed by atoms with Gasteiger partial charge in [0.15, 0.2) is 6.61 Å². The predicted molar refractivity (Wildman–Crippen MR) is 79.6 cm³/mol. The third kappa shape index (κ3) is 7.09. The smallest absolute Gasteiger partial charge is 0.257 e. The van der Waals surface area contributed by atoms with Crippen molar-refractivity contribution in [3.8, 4) is 5.75 Å². The molecule has 112 valence electrons. The Morgan fingerprint density at radius 1 is 1.30 bits per heavy atom. The van der Waals surface area contributed by atoms with Crippen LogP contribution in [0.2, 0.25) is 0 Å². The quantitative estimate of drug-likeness (QED) is 0.760. The molecule has 0 aromatic carbocycles. The van der Waals surface area contributed by atoms with Crippen molar-refractivity contribution in [3.63, 3.8) is 0 Å². The molecular weight excluding hydrogens is 254 g/mol. The standard InChI is InChI=1S/C15H25N3O2/c1-11(2)7-18-15(19)10-20-14-6-5-13(17-9-14)8-16-12(3)4/h5-6,9,11-12,16H,7-8,10H2,1-4H3,(H,18,19). The van der Waals surface area contributed by atoms with Crippen LogP contribution in [0.3, 0.4) is 0 Å². The summed E-state index contributed by atoms with van der Waals surface area (Å²) in [5.41, 5.74) is 0.954. The maximum absolute atomic E-state index is 11.5. The van der Waals surface area contributed by atoms with E-state index in [1.54, 1.807) is 6.20 Å². The highest BCUT2D eigenvalue weighted by atomic mass is 16.5. The highest BCUT2D eigenvalue weighted by Crippen LogP contribution is 2.09. The van der Waals surface area contributed by atoms with Gasteiger partial charge in [-0.1, -0.05) is 27.7 Å². The minimum atomic E-state index is -0.107. The van der Waals surface area contributed by atoms with Crippen molar-refractivity contribution in [1.29, 1.82) is 0 Å². The number of amides is 1. The second kappa shape index (κ2) is 8.53. The number of hydrogen-bond acceptors (Lipinski definition) is 4. The molecule has 0 radical (unpaired) electrons. The molecule has 1 heterocycles. The highest BCUT2D eigenvalue weighted by Gasteiger charge is 2.04. The summed E-state index contributed by atoms with van der Waals surface area (Å²) in [6, 6.07) is 4.16. The summed E-state index contributed by atoms with van der Waals surface area (Å²) in [4.78, 5) is 15.8. The van der Waals surface area contributed by atoms with Crippen LogP contribution in [-0.4, -0.2) is 30.1 Å². The zero-order valence-electron chi connectivity index (χ0n) is 12.8. The first kappa shape index (κ1) is 16.4. The maximum atomic E-state index is 11.5. The summed E-state index contributed by atoms with van der Waals surface area (Å²) in [5, 5.41) is 6.09. The summed E-state index contributed by atoms with van der Waals surface area (Å²) in [5.74, 6) is 0.940. The van der Waals surface area contributed by atoms with Crippen LogP contribution in [0.5, 0.6) is 5.75 Å². The Kier molecular flexibility index (Phi) is 7.01. The van der Waals surface area contributed by atoms with Crippen molar-refractivity contribution in [1.82, 2.24) is 15.6 Å². The van der Waals surface area contributed by atoms with E-state index in [1.807, 2.05) is 12.1 Å². The molecule has 1 rings (SSSR count). The zero-order valence-corrected chi connectivity index (χ0v) is 12.8. The summed E-state index contributed by atoms with van der Waals surface area (Å²) < 4.78 is 5.39. The topological polar surface area (TPSA) is 63.2 Å². The Hall–Kier alpha value is -1.62. The number of carbonyl (C=O) groups is 1. The average molecular weight is 279 g/mol. The molecular formula is C15H25N3O2. The number of hydrogen-bond donors (Lipinski definition) is 2. The Morgan fingerprint density at radius 2 is 2.05 bits per heavy atom. The fraction of sp³-hybridized carbons (Fsp3) is 0.600. The Bertz CT molecular complexity index is 402. The van der Waals surface area contributed by atoms with E-state index in [0.717, 1.165) is 12.2 Å². The fourth-order valence-corrected chi connectivity index (χ4v) is 1.43. The van der Waals surface area contributed by atoms with Crippen LogP contribution in [0.15, 0.2) is 18.3 Å². The van der Waals surface area contributed by atoms with Gasteiger partial charge >= 0.3 is 0 Å². The minimum absolute atomic E-state index is 0.0258. The van der Waals surface area contributed by atoms with E-state index < -0.39 is 0 Å². The van der Waals surface area contributed by atoms with Crippen LogP contribution in [0.1, 0.15) is 33.4 Å². The normalized spacial score (nSPS) is 10.9. The lowest BCUT2D eigenvalue weighted by atomic mass is 10.2. The molecule has 0 aliphatic carbocycles. The van der Waals surface area contributed by atoms with Gasteiger partial charge in [0.2, 0.25) is 0 Å². The Labute approximate surface area is 121 Å². The summed E-state index contributed by atoms with van der Waals surface area (Å²) in [7, 11) is 0. The molecule has 0 atom stereocenters. The van der Waals surface area contributed by atoms with Gasteiger partial charge in [-0.05, 0) is 18.1 Å². The van der Waals surface area contributed by atoms with Crippen LogP contribution < -0.4 is 15.4 Å². The lowest BCUT2D eigenvalue weighted by Crippen LogP contribution is -2.31. The van der Waals surface area contributed by atoms with Crippen molar-refractivity contribution in [3.05, 3.63) is 24.0 Å². The molecule has 2 N–H and O–H groups in total. The number of ether oxygens (including phenoxy) is 1. The fourth-order valence-electron chi connectivity index (χ4n) is 1.43. The number of pyridine rings is 1. The van der Waals surface area contributed by atoms with Crippen LogP contribution in [0.4, 0.5) is 0 Å². The maximum Gasteiger partial charge on any atom is 0.257 e. The van der Waals surface area contributed by atoms with E-state index in [0.29, 0.717) is 24.3 Å². The van der Waals surface area contributed by atoms with E-state index >= 15 is 0 Å². The van der Waals surface area contributed by atoms with Crippen LogP contribution in [0.25, 0.3) is 0 Å². The molecule has 0 aliphatic rings. The molecule has 0 fully saturated rings. The van der Waals surface area contributed by atoms with E-state index in [1.165, 1.54) is 0 Å². The van der Waals surface area contributed by atoms with Crippen molar-refractivity contribution in [2.75, 3.05) is 13.2 Å². The molecule has 5 heteroatoms. The SMILES string of the molecule is CC(C)CNC(=O)COc1ccc(CNC(C)C)nc1. The average Bonchev–Trinajstić information content (AvgIpc) is 2.41. The molecule has 20 heavy (non-hydrogen) atoms. The van der Waals surface area contributed by atoms with Crippen molar-refractivity contribution in [2.45, 2.75) is 40.3 Å². The van der Waals surface area contributed by atoms with Gasteiger partial charge in [-0.3, -0.25) is 9.78 Å². The molecule has 5 nitrogen and oxygen atoms in total. The van der Waals surface area contributed by atoms with Crippen LogP contribution >= 0.6 is 0 Å². The largest absolute Gasteiger partial charge is 0.482 e. The molecule has 0 aliphatic heterocycles. The van der Waals surface area contributed by atoms with Crippen LogP contribution in [-0.2, 0) is 11.3 Å². The lowest BCUT2D eigenvalue weighted by molar-refractivity contribution is -0.123. The third-order valence-electron chi connectivity index (χ3n) is 2.57. The van der Waals surface area contributed by atoms with Gasteiger partial charge in [0.25, 0.3) is 5.91 Å². The molecule has 1 aromatic heterocycles. The minimum Gasteiger partial charge on any atom is -0.482 e. The molecule has 0 bridgehead atoms. The number of aromatic nitrogens is 1. The highest BCUT2D eigenvalue weighted by molar-refractivity contribution is 5.77. The second-order valence-corrected chi connectivity index (χ2v) is 5.51. The zero-order chi connectivity index (χ0) is 15.0. The van der Waals surface area contributed by atoms with Gasteiger partial charge in [-0.15, -0.1) is 0 Å². The number of nitrogens with zero attached hydrogens (tertiary/aromatic N) is 1. The van der Waals surface area contributed by atoms with Crippen molar-refractivity contribution in [2.24, 2.45) is 5.92 Å². The predicted octanol–water partition coefficient (Wildman–Crippen LogP) is 1.73. The van der Waals surface area contributed by atoms with E-state index in [-0.39, 0.29) is 12.5 Å². The second-order valence-electron chi connectivity index (χ2n) is 5.51. The van der Waals surface area contributed by atoms with Crippen molar-refractivity contribution >= 4 is 5.91 Å². The lowest BCUT2D eigenvalue weighted by Gasteiger charge is -2.10.